The largest absolute Gasteiger partial charge is 0.359 e. The first kappa shape index (κ1) is 13.3. The molecule has 2 amide bonds. The average Bonchev–Trinajstić information content (AvgIpc) is 2.83. The van der Waals surface area contributed by atoms with Crippen LogP contribution < -0.4 is 11.1 Å². The van der Waals surface area contributed by atoms with Gasteiger partial charge in [-0.2, -0.15) is 0 Å². The van der Waals surface area contributed by atoms with E-state index in [0.717, 1.165) is 38.6 Å². The molecule has 3 atom stereocenters. The Bertz CT molecular complexity index is 332. The Balaban J connectivity index is 1.92. The maximum Gasteiger partial charge on any atom is 0.225 e. The van der Waals surface area contributed by atoms with E-state index in [1.165, 1.54) is 0 Å². The van der Waals surface area contributed by atoms with Crippen molar-refractivity contribution in [1.29, 1.82) is 0 Å². The van der Waals surface area contributed by atoms with Gasteiger partial charge >= 0.3 is 0 Å². The third-order valence-electron chi connectivity index (χ3n) is 4.17. The molecule has 1 saturated carbocycles. The van der Waals surface area contributed by atoms with Gasteiger partial charge in [0.1, 0.15) is 0 Å². The summed E-state index contributed by atoms with van der Waals surface area (Å²) in [4.78, 5) is 25.8. The number of carbonyl (C=O) groups excluding carboxylic acids is 2. The van der Waals surface area contributed by atoms with E-state index in [4.69, 9.17) is 5.73 Å². The molecule has 1 aliphatic carbocycles. The molecule has 102 valence electrons. The topological polar surface area (TPSA) is 75.4 Å². The number of amides is 2. The molecule has 0 spiro atoms. The monoisotopic (exact) mass is 253 g/mol. The van der Waals surface area contributed by atoms with Gasteiger partial charge in [0.25, 0.3) is 0 Å². The molecular formula is C13H23N3O2. The molecule has 1 heterocycles. The standard InChI is InChI=1S/C13H23N3O2/c1-15-12(17)10-3-2-6-16(8-10)13(18)9-4-5-11(14)7-9/h9-11H,2-8,14H2,1H3,(H,15,17). The summed E-state index contributed by atoms with van der Waals surface area (Å²) >= 11 is 0. The van der Waals surface area contributed by atoms with E-state index < -0.39 is 0 Å². The number of hydrogen-bond donors (Lipinski definition) is 2. The Labute approximate surface area is 108 Å². The smallest absolute Gasteiger partial charge is 0.225 e. The van der Waals surface area contributed by atoms with Crippen molar-refractivity contribution in [3.63, 3.8) is 0 Å². The van der Waals surface area contributed by atoms with Gasteiger partial charge in [0.2, 0.25) is 11.8 Å². The Morgan fingerprint density at radius 2 is 2.00 bits per heavy atom. The third-order valence-corrected chi connectivity index (χ3v) is 4.17. The second-order valence-corrected chi connectivity index (χ2v) is 5.51. The van der Waals surface area contributed by atoms with Gasteiger partial charge in [0.15, 0.2) is 0 Å². The third kappa shape index (κ3) is 2.83. The fourth-order valence-electron chi connectivity index (χ4n) is 3.09. The zero-order valence-corrected chi connectivity index (χ0v) is 11.0. The highest BCUT2D eigenvalue weighted by atomic mass is 16.2. The maximum absolute atomic E-state index is 12.3. The second-order valence-electron chi connectivity index (χ2n) is 5.51. The van der Waals surface area contributed by atoms with Crippen molar-refractivity contribution >= 4 is 11.8 Å². The number of nitrogens with zero attached hydrogens (tertiary/aromatic N) is 1. The molecule has 0 bridgehead atoms. The van der Waals surface area contributed by atoms with Gasteiger partial charge in [-0.1, -0.05) is 0 Å². The van der Waals surface area contributed by atoms with Gasteiger partial charge in [-0.25, -0.2) is 0 Å². The number of piperidine rings is 1. The first-order valence-corrected chi connectivity index (χ1v) is 6.87. The molecule has 2 rings (SSSR count). The summed E-state index contributed by atoms with van der Waals surface area (Å²) in [6.07, 6.45) is 4.46. The van der Waals surface area contributed by atoms with Crippen LogP contribution in [0.4, 0.5) is 0 Å². The van der Waals surface area contributed by atoms with Gasteiger partial charge in [-0.05, 0) is 32.1 Å². The number of rotatable bonds is 2. The van der Waals surface area contributed by atoms with E-state index >= 15 is 0 Å². The van der Waals surface area contributed by atoms with E-state index in [1.54, 1.807) is 7.05 Å². The van der Waals surface area contributed by atoms with Crippen LogP contribution >= 0.6 is 0 Å². The maximum atomic E-state index is 12.3. The molecule has 0 aromatic rings. The second kappa shape index (κ2) is 5.69. The lowest BCUT2D eigenvalue weighted by atomic mass is 9.95. The van der Waals surface area contributed by atoms with Crippen molar-refractivity contribution in [3.05, 3.63) is 0 Å². The van der Waals surface area contributed by atoms with Gasteiger partial charge < -0.3 is 16.0 Å². The van der Waals surface area contributed by atoms with E-state index in [0.29, 0.717) is 6.54 Å². The molecule has 2 fully saturated rings. The van der Waals surface area contributed by atoms with Crippen LogP contribution in [0.15, 0.2) is 0 Å². The molecule has 0 aromatic heterocycles. The fraction of sp³-hybridized carbons (Fsp3) is 0.846. The van der Waals surface area contributed by atoms with Crippen molar-refractivity contribution < 1.29 is 9.59 Å². The molecule has 2 aliphatic rings. The zero-order valence-electron chi connectivity index (χ0n) is 11.0. The van der Waals surface area contributed by atoms with Crippen molar-refractivity contribution in [2.75, 3.05) is 20.1 Å². The van der Waals surface area contributed by atoms with Gasteiger partial charge in [0, 0.05) is 32.1 Å². The normalized spacial score (nSPS) is 32.3. The summed E-state index contributed by atoms with van der Waals surface area (Å²) in [7, 11) is 1.65. The Morgan fingerprint density at radius 1 is 1.22 bits per heavy atom. The van der Waals surface area contributed by atoms with Crippen LogP contribution in [-0.4, -0.2) is 42.9 Å². The van der Waals surface area contributed by atoms with Gasteiger partial charge in [0.05, 0.1) is 5.92 Å². The predicted octanol–water partition coefficient (Wildman–Crippen LogP) is 0.0984. The van der Waals surface area contributed by atoms with E-state index in [-0.39, 0.29) is 29.7 Å². The Hall–Kier alpha value is -1.10. The molecule has 0 radical (unpaired) electrons. The van der Waals surface area contributed by atoms with Crippen LogP contribution in [0.3, 0.4) is 0 Å². The minimum Gasteiger partial charge on any atom is -0.359 e. The number of hydrogen-bond acceptors (Lipinski definition) is 3. The van der Waals surface area contributed by atoms with Crippen molar-refractivity contribution in [2.45, 2.75) is 38.1 Å². The van der Waals surface area contributed by atoms with Crippen LogP contribution in [-0.2, 0) is 9.59 Å². The molecule has 5 nitrogen and oxygen atoms in total. The highest BCUT2D eigenvalue weighted by Gasteiger charge is 2.34. The molecule has 5 heteroatoms. The minimum atomic E-state index is -0.0391. The molecule has 1 saturated heterocycles. The first-order chi connectivity index (χ1) is 8.61. The lowest BCUT2D eigenvalue weighted by Gasteiger charge is -2.33. The van der Waals surface area contributed by atoms with E-state index in [2.05, 4.69) is 5.32 Å². The molecule has 3 N–H and O–H groups in total. The van der Waals surface area contributed by atoms with Crippen molar-refractivity contribution in [2.24, 2.45) is 17.6 Å². The Kier molecular flexibility index (Phi) is 4.22. The van der Waals surface area contributed by atoms with Crippen molar-refractivity contribution in [3.8, 4) is 0 Å². The van der Waals surface area contributed by atoms with Crippen LogP contribution in [0.1, 0.15) is 32.1 Å². The molecule has 18 heavy (non-hydrogen) atoms. The highest BCUT2D eigenvalue weighted by Crippen LogP contribution is 2.28. The summed E-state index contributed by atoms with van der Waals surface area (Å²) in [5, 5.41) is 2.67. The first-order valence-electron chi connectivity index (χ1n) is 6.87. The SMILES string of the molecule is CNC(=O)C1CCCN(C(=O)C2CCC(N)C2)C1. The van der Waals surface area contributed by atoms with E-state index in [9.17, 15) is 9.59 Å². The summed E-state index contributed by atoms with van der Waals surface area (Å²) in [6.45, 7) is 1.36. The average molecular weight is 253 g/mol. The minimum absolute atomic E-state index is 0.0391. The molecule has 1 aliphatic heterocycles. The van der Waals surface area contributed by atoms with Gasteiger partial charge in [-0.15, -0.1) is 0 Å². The summed E-state index contributed by atoms with van der Waals surface area (Å²) in [5.74, 6) is 0.304. The number of nitrogens with two attached hydrogens (primary N) is 1. The predicted molar refractivity (Wildman–Crippen MR) is 68.7 cm³/mol. The summed E-state index contributed by atoms with van der Waals surface area (Å²) in [6, 6.07) is 0.179. The lowest BCUT2D eigenvalue weighted by molar-refractivity contribution is -0.139. The number of carbonyl (C=O) groups is 2. The number of nitrogens with one attached hydrogen (secondary N) is 1. The molecular weight excluding hydrogens is 230 g/mol. The zero-order chi connectivity index (χ0) is 13.1. The quantitative estimate of drug-likeness (QED) is 0.733. The fourth-order valence-corrected chi connectivity index (χ4v) is 3.09. The van der Waals surface area contributed by atoms with Crippen molar-refractivity contribution in [1.82, 2.24) is 10.2 Å². The number of likely N-dealkylation sites (tertiary alicyclic amines) is 1. The van der Waals surface area contributed by atoms with Crippen LogP contribution in [0, 0.1) is 11.8 Å². The molecule has 0 aromatic carbocycles. The van der Waals surface area contributed by atoms with E-state index in [1.807, 2.05) is 4.90 Å². The Morgan fingerprint density at radius 3 is 2.61 bits per heavy atom. The summed E-state index contributed by atoms with van der Waals surface area (Å²) < 4.78 is 0. The highest BCUT2D eigenvalue weighted by molar-refractivity contribution is 5.82. The lowest BCUT2D eigenvalue weighted by Crippen LogP contribution is -2.46. The van der Waals surface area contributed by atoms with Gasteiger partial charge in [-0.3, -0.25) is 9.59 Å². The summed E-state index contributed by atoms with van der Waals surface area (Å²) in [5.41, 5.74) is 5.85. The van der Waals surface area contributed by atoms with Crippen LogP contribution in [0.2, 0.25) is 0 Å². The van der Waals surface area contributed by atoms with Crippen LogP contribution in [0.25, 0.3) is 0 Å². The molecule has 3 unspecified atom stereocenters. The van der Waals surface area contributed by atoms with Crippen LogP contribution in [0.5, 0.6) is 0 Å².